The largest absolute Gasteiger partial charge is 0.351 e. The van der Waals surface area contributed by atoms with Gasteiger partial charge in [0.2, 0.25) is 5.91 Å². The first-order valence-electron chi connectivity index (χ1n) is 10.9. The Labute approximate surface area is 188 Å². The molecule has 3 rings (SSSR count). The van der Waals surface area contributed by atoms with Crippen molar-refractivity contribution in [1.82, 2.24) is 19.4 Å². The van der Waals surface area contributed by atoms with Gasteiger partial charge < -0.3 is 21.3 Å². The van der Waals surface area contributed by atoms with E-state index in [1.54, 1.807) is 6.07 Å². The van der Waals surface area contributed by atoms with Crippen molar-refractivity contribution >= 4 is 40.2 Å². The maximum absolute atomic E-state index is 12.3. The van der Waals surface area contributed by atoms with Crippen LogP contribution in [0.3, 0.4) is 0 Å². The number of nitrogens with two attached hydrogens (primary N) is 1. The Morgan fingerprint density at radius 1 is 1.09 bits per heavy atom. The van der Waals surface area contributed by atoms with Crippen LogP contribution in [0.4, 0.5) is 22.1 Å². The van der Waals surface area contributed by atoms with E-state index in [4.69, 9.17) is 5.73 Å². The topological polar surface area (TPSA) is 118 Å². The molecular weight excluding hydrogens is 406 g/mol. The van der Waals surface area contributed by atoms with Crippen molar-refractivity contribution in [1.29, 1.82) is 0 Å². The van der Waals surface area contributed by atoms with Gasteiger partial charge in [0.15, 0.2) is 0 Å². The van der Waals surface area contributed by atoms with Crippen LogP contribution >= 0.6 is 0 Å². The molecular formula is C23H31N7O2. The highest BCUT2D eigenvalue weighted by Gasteiger charge is 2.15. The Morgan fingerprint density at radius 3 is 2.50 bits per heavy atom. The lowest BCUT2D eigenvalue weighted by molar-refractivity contribution is -0.116. The van der Waals surface area contributed by atoms with Crippen molar-refractivity contribution in [2.45, 2.75) is 40.5 Å². The molecule has 0 bridgehead atoms. The van der Waals surface area contributed by atoms with Gasteiger partial charge in [0.05, 0.1) is 5.52 Å². The van der Waals surface area contributed by atoms with Crippen molar-refractivity contribution in [2.75, 3.05) is 30.3 Å². The Kier molecular flexibility index (Phi) is 7.42. The number of aromatic nitrogens is 3. The van der Waals surface area contributed by atoms with Gasteiger partial charge in [-0.1, -0.05) is 13.8 Å². The minimum atomic E-state index is -0.505. The van der Waals surface area contributed by atoms with Crippen molar-refractivity contribution in [3.63, 3.8) is 0 Å². The molecule has 0 aliphatic heterocycles. The van der Waals surface area contributed by atoms with Crippen LogP contribution in [0.5, 0.6) is 0 Å². The summed E-state index contributed by atoms with van der Waals surface area (Å²) in [5, 5.41) is 7.00. The average Bonchev–Trinajstić information content (AvgIpc) is 3.01. The van der Waals surface area contributed by atoms with Crippen LogP contribution in [-0.2, 0) is 4.79 Å². The highest BCUT2D eigenvalue weighted by Crippen LogP contribution is 2.28. The molecule has 2 heterocycles. The first kappa shape index (κ1) is 23.2. The number of nitrogens with zero attached hydrogens (tertiary/aromatic N) is 4. The van der Waals surface area contributed by atoms with Gasteiger partial charge in [0.25, 0.3) is 0 Å². The molecule has 3 aromatic rings. The smallest absolute Gasteiger partial charge is 0.323 e. The van der Waals surface area contributed by atoms with E-state index in [9.17, 15) is 9.59 Å². The quantitative estimate of drug-likeness (QED) is 0.469. The molecule has 2 aromatic heterocycles. The molecule has 9 nitrogen and oxygen atoms in total. The molecule has 0 saturated heterocycles. The van der Waals surface area contributed by atoms with Gasteiger partial charge in [-0.25, -0.2) is 14.8 Å². The van der Waals surface area contributed by atoms with Gasteiger partial charge in [-0.15, -0.1) is 0 Å². The summed E-state index contributed by atoms with van der Waals surface area (Å²) >= 11 is 0. The fraction of sp³-hybridized carbons (Fsp3) is 0.391. The average molecular weight is 438 g/mol. The van der Waals surface area contributed by atoms with Gasteiger partial charge in [-0.05, 0) is 63.7 Å². The predicted octanol–water partition coefficient (Wildman–Crippen LogP) is 3.78. The maximum atomic E-state index is 12.3. The molecule has 0 aliphatic rings. The third-order valence-electron chi connectivity index (χ3n) is 5.72. The van der Waals surface area contributed by atoms with Crippen molar-refractivity contribution in [2.24, 2.45) is 5.73 Å². The summed E-state index contributed by atoms with van der Waals surface area (Å²) in [4.78, 5) is 34.7. The fourth-order valence-corrected chi connectivity index (χ4v) is 3.79. The zero-order valence-corrected chi connectivity index (χ0v) is 19.1. The summed E-state index contributed by atoms with van der Waals surface area (Å²) in [7, 11) is 0. The summed E-state index contributed by atoms with van der Waals surface area (Å²) in [5.74, 6) is 0.937. The summed E-state index contributed by atoms with van der Waals surface area (Å²) in [6.45, 7) is 10.9. The Morgan fingerprint density at radius 2 is 1.81 bits per heavy atom. The first-order valence-corrected chi connectivity index (χ1v) is 10.9. The van der Waals surface area contributed by atoms with E-state index in [0.29, 0.717) is 18.1 Å². The van der Waals surface area contributed by atoms with Crippen LogP contribution in [0, 0.1) is 13.8 Å². The number of carbonyl (C=O) groups is 2. The van der Waals surface area contributed by atoms with Gasteiger partial charge >= 0.3 is 6.03 Å². The van der Waals surface area contributed by atoms with E-state index in [2.05, 4.69) is 39.3 Å². The molecule has 0 fully saturated rings. The Hall–Kier alpha value is -3.46. The number of amides is 2. The van der Waals surface area contributed by atoms with E-state index in [-0.39, 0.29) is 5.91 Å². The molecule has 0 unspecified atom stereocenters. The molecule has 4 N–H and O–H groups in total. The molecule has 0 spiro atoms. The van der Waals surface area contributed by atoms with Crippen LogP contribution in [0.2, 0.25) is 0 Å². The minimum absolute atomic E-state index is 0.0675. The molecule has 170 valence electrons. The molecule has 2 amide bonds. The lowest BCUT2D eigenvalue weighted by Gasteiger charge is -2.17. The van der Waals surface area contributed by atoms with Crippen molar-refractivity contribution < 1.29 is 9.59 Å². The zero-order chi connectivity index (χ0) is 23.3. The molecule has 1 aromatic carbocycles. The number of nitrogens with one attached hydrogen (secondary N) is 2. The van der Waals surface area contributed by atoms with Crippen LogP contribution < -0.4 is 16.4 Å². The first-order chi connectivity index (χ1) is 15.3. The number of hydrogen-bond acceptors (Lipinski definition) is 6. The number of rotatable bonds is 9. The van der Waals surface area contributed by atoms with Crippen molar-refractivity contribution in [3.8, 4) is 0 Å². The van der Waals surface area contributed by atoms with E-state index in [0.717, 1.165) is 53.9 Å². The van der Waals surface area contributed by atoms with E-state index < -0.39 is 6.03 Å². The Balaban J connectivity index is 1.68. The number of carbonyl (C=O) groups excluding carboxylic acids is 2. The number of anilines is 3. The van der Waals surface area contributed by atoms with Crippen LogP contribution in [0.1, 0.15) is 37.9 Å². The second-order valence-corrected chi connectivity index (χ2v) is 7.71. The monoisotopic (exact) mass is 437 g/mol. The van der Waals surface area contributed by atoms with Gasteiger partial charge in [-0.3, -0.25) is 9.36 Å². The summed E-state index contributed by atoms with van der Waals surface area (Å²) in [6, 6.07) is 6.84. The summed E-state index contributed by atoms with van der Waals surface area (Å²) in [6.07, 6.45) is 2.65. The SMILES string of the molecule is CCN(CC)CCCC(=O)Nc1cc(Nc2ccc3c(c2)c(C)c(C)n3C(N)=O)ncn1. The highest BCUT2D eigenvalue weighted by atomic mass is 16.2. The number of fused-ring (bicyclic) bond motifs is 1. The summed E-state index contributed by atoms with van der Waals surface area (Å²) in [5.41, 5.74) is 8.90. The standard InChI is InChI=1S/C23H31N7O2/c1-5-29(6-2)11-7-8-22(31)28-21-13-20(25-14-26-21)27-17-9-10-19-18(12-17)15(3)16(4)30(19)23(24)32/h9-10,12-14H,5-8,11H2,1-4H3,(H2,24,32)(H2,25,26,27,28,31). The molecule has 0 atom stereocenters. The molecule has 0 radical (unpaired) electrons. The molecule has 32 heavy (non-hydrogen) atoms. The maximum Gasteiger partial charge on any atom is 0.323 e. The van der Waals surface area contributed by atoms with Gasteiger partial charge in [-0.2, -0.15) is 0 Å². The molecule has 9 heteroatoms. The third kappa shape index (κ3) is 5.23. The lowest BCUT2D eigenvalue weighted by atomic mass is 10.1. The number of primary amides is 1. The zero-order valence-electron chi connectivity index (χ0n) is 19.1. The highest BCUT2D eigenvalue weighted by molar-refractivity contribution is 5.96. The summed E-state index contributed by atoms with van der Waals surface area (Å²) < 4.78 is 1.51. The van der Waals surface area contributed by atoms with Crippen molar-refractivity contribution in [3.05, 3.63) is 41.9 Å². The lowest BCUT2D eigenvalue weighted by Crippen LogP contribution is -2.25. The second kappa shape index (κ2) is 10.2. The number of hydrogen-bond donors (Lipinski definition) is 3. The second-order valence-electron chi connectivity index (χ2n) is 7.71. The molecule has 0 aliphatic carbocycles. The minimum Gasteiger partial charge on any atom is -0.351 e. The van der Waals surface area contributed by atoms with Crippen LogP contribution in [-0.4, -0.2) is 51.0 Å². The van der Waals surface area contributed by atoms with Crippen LogP contribution in [0.15, 0.2) is 30.6 Å². The van der Waals surface area contributed by atoms with E-state index >= 15 is 0 Å². The molecule has 0 saturated carbocycles. The third-order valence-corrected chi connectivity index (χ3v) is 5.72. The van der Waals surface area contributed by atoms with E-state index in [1.165, 1.54) is 10.9 Å². The van der Waals surface area contributed by atoms with Gasteiger partial charge in [0.1, 0.15) is 18.0 Å². The Bertz CT molecular complexity index is 1120. The normalized spacial score (nSPS) is 11.2. The number of benzene rings is 1. The predicted molar refractivity (Wildman–Crippen MR) is 127 cm³/mol. The van der Waals surface area contributed by atoms with E-state index in [1.807, 2.05) is 32.0 Å². The van der Waals surface area contributed by atoms with Crippen LogP contribution in [0.25, 0.3) is 10.9 Å². The van der Waals surface area contributed by atoms with Gasteiger partial charge in [0, 0.05) is 29.3 Å². The number of aryl methyl sites for hydroxylation is 1. The fourth-order valence-electron chi connectivity index (χ4n) is 3.79.